The van der Waals surface area contributed by atoms with Gasteiger partial charge >= 0.3 is 5.69 Å². The SMILES string of the molecule is C=C1O[C@@H](n2cc(C)c(=O)[nH]c2=O)C(O)C1F. The molecule has 0 amide bonds. The number of hydrogen-bond donors (Lipinski definition) is 2. The van der Waals surface area contributed by atoms with Gasteiger partial charge in [-0.15, -0.1) is 0 Å². The Morgan fingerprint density at radius 2 is 2.24 bits per heavy atom. The van der Waals surface area contributed by atoms with Crippen LogP contribution in [0.15, 0.2) is 28.1 Å². The van der Waals surface area contributed by atoms with Gasteiger partial charge in [-0.3, -0.25) is 14.3 Å². The van der Waals surface area contributed by atoms with Crippen LogP contribution < -0.4 is 11.2 Å². The molecule has 1 saturated heterocycles. The number of aromatic nitrogens is 2. The molecule has 92 valence electrons. The summed E-state index contributed by atoms with van der Waals surface area (Å²) >= 11 is 0. The maximum Gasteiger partial charge on any atom is 0.331 e. The normalized spacial score (nSPS) is 28.2. The quantitative estimate of drug-likeness (QED) is 0.701. The van der Waals surface area contributed by atoms with Crippen LogP contribution in [-0.2, 0) is 4.74 Å². The van der Waals surface area contributed by atoms with E-state index in [9.17, 15) is 19.1 Å². The van der Waals surface area contributed by atoms with Crippen molar-refractivity contribution in [1.29, 1.82) is 0 Å². The van der Waals surface area contributed by atoms with Gasteiger partial charge in [0.25, 0.3) is 5.56 Å². The lowest BCUT2D eigenvalue weighted by Gasteiger charge is -2.16. The van der Waals surface area contributed by atoms with E-state index in [2.05, 4.69) is 6.58 Å². The molecule has 0 spiro atoms. The molecule has 2 heterocycles. The van der Waals surface area contributed by atoms with E-state index in [1.54, 1.807) is 0 Å². The lowest BCUT2D eigenvalue weighted by atomic mass is 10.2. The van der Waals surface area contributed by atoms with Gasteiger partial charge in [-0.1, -0.05) is 6.58 Å². The van der Waals surface area contributed by atoms with Gasteiger partial charge in [0.15, 0.2) is 6.17 Å². The fourth-order valence-electron chi connectivity index (χ4n) is 1.62. The van der Waals surface area contributed by atoms with Crippen LogP contribution in [0.3, 0.4) is 0 Å². The predicted octanol–water partition coefficient (Wildman–Crippen LogP) is -0.413. The average Bonchev–Trinajstić information content (AvgIpc) is 2.51. The first-order chi connectivity index (χ1) is 7.91. The molecule has 0 bridgehead atoms. The van der Waals surface area contributed by atoms with Gasteiger partial charge in [0, 0.05) is 11.8 Å². The summed E-state index contributed by atoms with van der Waals surface area (Å²) in [5.41, 5.74) is -1.05. The van der Waals surface area contributed by atoms with E-state index in [-0.39, 0.29) is 11.3 Å². The number of aryl methyl sites for hydroxylation is 1. The van der Waals surface area contributed by atoms with Crippen LogP contribution in [0.25, 0.3) is 0 Å². The van der Waals surface area contributed by atoms with Crippen LogP contribution in [-0.4, -0.2) is 26.9 Å². The minimum atomic E-state index is -1.75. The molecular weight excluding hydrogens is 231 g/mol. The average molecular weight is 242 g/mol. The molecule has 6 nitrogen and oxygen atoms in total. The monoisotopic (exact) mass is 242 g/mol. The summed E-state index contributed by atoms with van der Waals surface area (Å²) in [7, 11) is 0. The van der Waals surface area contributed by atoms with Crippen molar-refractivity contribution in [3.05, 3.63) is 44.9 Å². The molecule has 1 aromatic rings. The second-order valence-electron chi connectivity index (χ2n) is 3.85. The zero-order valence-corrected chi connectivity index (χ0v) is 9.01. The van der Waals surface area contributed by atoms with Crippen LogP contribution in [0.2, 0.25) is 0 Å². The molecule has 7 heteroatoms. The van der Waals surface area contributed by atoms with Gasteiger partial charge in [-0.05, 0) is 6.92 Å². The Kier molecular flexibility index (Phi) is 2.62. The minimum Gasteiger partial charge on any atom is -0.469 e. The number of alkyl halides is 1. The number of rotatable bonds is 1. The highest BCUT2D eigenvalue weighted by Crippen LogP contribution is 2.31. The lowest BCUT2D eigenvalue weighted by Crippen LogP contribution is -2.37. The highest BCUT2D eigenvalue weighted by molar-refractivity contribution is 5.08. The molecule has 0 aromatic carbocycles. The van der Waals surface area contributed by atoms with E-state index in [1.165, 1.54) is 13.1 Å². The Labute approximate surface area is 95.0 Å². The van der Waals surface area contributed by atoms with Gasteiger partial charge in [0.2, 0.25) is 6.23 Å². The van der Waals surface area contributed by atoms with Gasteiger partial charge < -0.3 is 9.84 Å². The molecule has 0 radical (unpaired) electrons. The molecule has 1 aromatic heterocycles. The zero-order chi connectivity index (χ0) is 12.7. The molecule has 1 aliphatic heterocycles. The van der Waals surface area contributed by atoms with E-state index in [0.29, 0.717) is 0 Å². The predicted molar refractivity (Wildman–Crippen MR) is 56.2 cm³/mol. The highest BCUT2D eigenvalue weighted by atomic mass is 19.1. The Morgan fingerprint density at radius 1 is 1.59 bits per heavy atom. The molecule has 2 unspecified atom stereocenters. The first-order valence-electron chi connectivity index (χ1n) is 4.91. The van der Waals surface area contributed by atoms with Crippen molar-refractivity contribution in [2.75, 3.05) is 0 Å². The molecule has 0 saturated carbocycles. The molecule has 2 N–H and O–H groups in total. The number of hydrogen-bond acceptors (Lipinski definition) is 4. The summed E-state index contributed by atoms with van der Waals surface area (Å²) in [4.78, 5) is 24.7. The van der Waals surface area contributed by atoms with Crippen molar-refractivity contribution in [1.82, 2.24) is 9.55 Å². The largest absolute Gasteiger partial charge is 0.469 e. The minimum absolute atomic E-state index is 0.238. The topological polar surface area (TPSA) is 84.3 Å². The fraction of sp³-hybridized carbons (Fsp3) is 0.400. The third kappa shape index (κ3) is 1.78. The van der Waals surface area contributed by atoms with Gasteiger partial charge in [0.05, 0.1) is 0 Å². The van der Waals surface area contributed by atoms with E-state index < -0.39 is 29.8 Å². The molecule has 2 rings (SSSR count). The van der Waals surface area contributed by atoms with Crippen LogP contribution in [0.1, 0.15) is 11.8 Å². The maximum atomic E-state index is 13.3. The fourth-order valence-corrected chi connectivity index (χ4v) is 1.62. The van der Waals surface area contributed by atoms with E-state index in [1.807, 2.05) is 4.98 Å². The van der Waals surface area contributed by atoms with Gasteiger partial charge in [-0.25, -0.2) is 9.18 Å². The molecule has 0 aliphatic carbocycles. The number of halogens is 1. The number of H-pyrrole nitrogens is 1. The van der Waals surface area contributed by atoms with Crippen molar-refractivity contribution >= 4 is 0 Å². The molecule has 3 atom stereocenters. The number of aliphatic hydroxyl groups excluding tert-OH is 1. The van der Waals surface area contributed by atoms with Crippen molar-refractivity contribution in [3.63, 3.8) is 0 Å². The van der Waals surface area contributed by atoms with Crippen LogP contribution in [0.5, 0.6) is 0 Å². The second-order valence-corrected chi connectivity index (χ2v) is 3.85. The summed E-state index contributed by atoms with van der Waals surface area (Å²) in [5, 5.41) is 9.55. The summed E-state index contributed by atoms with van der Waals surface area (Å²) in [6.07, 6.45) is -3.27. The number of ether oxygens (including phenoxy) is 1. The number of aromatic amines is 1. The van der Waals surface area contributed by atoms with Crippen molar-refractivity contribution in [2.24, 2.45) is 0 Å². The maximum absolute atomic E-state index is 13.3. The summed E-state index contributed by atoms with van der Waals surface area (Å²) in [5.74, 6) is -0.238. The Hall–Kier alpha value is -1.89. The Bertz CT molecular complexity index is 576. The van der Waals surface area contributed by atoms with Crippen LogP contribution in [0.4, 0.5) is 4.39 Å². The molecule has 1 fully saturated rings. The Balaban J connectivity index is 2.49. The zero-order valence-electron chi connectivity index (χ0n) is 9.01. The summed E-state index contributed by atoms with van der Waals surface area (Å²) in [6.45, 7) is 4.77. The number of nitrogens with one attached hydrogen (secondary N) is 1. The Morgan fingerprint density at radius 3 is 2.76 bits per heavy atom. The summed E-state index contributed by atoms with van der Waals surface area (Å²) in [6, 6.07) is 0. The van der Waals surface area contributed by atoms with E-state index in [0.717, 1.165) is 4.57 Å². The van der Waals surface area contributed by atoms with Crippen LogP contribution >= 0.6 is 0 Å². The van der Waals surface area contributed by atoms with Gasteiger partial charge in [-0.2, -0.15) is 0 Å². The lowest BCUT2D eigenvalue weighted by molar-refractivity contribution is -0.00498. The molecule has 17 heavy (non-hydrogen) atoms. The van der Waals surface area contributed by atoms with E-state index in [4.69, 9.17) is 4.74 Å². The van der Waals surface area contributed by atoms with E-state index >= 15 is 0 Å². The van der Waals surface area contributed by atoms with Gasteiger partial charge in [0.1, 0.15) is 11.9 Å². The highest BCUT2D eigenvalue weighted by Gasteiger charge is 2.41. The first-order valence-corrected chi connectivity index (χ1v) is 4.91. The van der Waals surface area contributed by atoms with Crippen molar-refractivity contribution in [2.45, 2.75) is 25.4 Å². The number of aliphatic hydroxyl groups is 1. The van der Waals surface area contributed by atoms with Crippen LogP contribution in [0, 0.1) is 6.92 Å². The summed E-state index contributed by atoms with van der Waals surface area (Å²) < 4.78 is 19.2. The second kappa shape index (κ2) is 3.85. The molecular formula is C10H11FN2O4. The first kappa shape index (κ1) is 11.6. The molecule has 1 aliphatic rings. The standard InChI is InChI=1S/C10H11FN2O4/c1-4-3-13(10(16)12-8(4)15)9-7(14)6(11)5(2)17-9/h3,6-7,9,14H,2H2,1H3,(H,12,15,16)/t6?,7?,9-/m1/s1. The number of nitrogens with zero attached hydrogens (tertiary/aromatic N) is 1. The smallest absolute Gasteiger partial charge is 0.331 e. The third-order valence-corrected chi connectivity index (χ3v) is 2.59. The van der Waals surface area contributed by atoms with Crippen molar-refractivity contribution in [3.8, 4) is 0 Å². The van der Waals surface area contributed by atoms with Crippen molar-refractivity contribution < 1.29 is 14.2 Å². The third-order valence-electron chi connectivity index (χ3n) is 2.59.